The lowest BCUT2D eigenvalue weighted by Crippen LogP contribution is -2.15. The maximum absolute atomic E-state index is 12.7. The molecule has 5 nitrogen and oxygen atoms in total. The summed E-state index contributed by atoms with van der Waals surface area (Å²) in [5.74, 6) is -0.517. The molecule has 0 bridgehead atoms. The molecular weight excluding hydrogens is 353 g/mol. The fourth-order valence-corrected chi connectivity index (χ4v) is 1.95. The summed E-state index contributed by atoms with van der Waals surface area (Å²) in [5, 5.41) is 6.17. The van der Waals surface area contributed by atoms with Gasteiger partial charge in [0.15, 0.2) is 0 Å². The highest BCUT2D eigenvalue weighted by atomic mass is 79.9. The molecule has 9 heteroatoms. The number of hydrogen-bond donors (Lipinski definition) is 2. The zero-order valence-electron chi connectivity index (χ0n) is 10.7. The molecule has 21 heavy (non-hydrogen) atoms. The fraction of sp³-hybridized carbons (Fsp3) is 0.167. The summed E-state index contributed by atoms with van der Waals surface area (Å²) in [4.78, 5) is 12.0. The van der Waals surface area contributed by atoms with Crippen LogP contribution in [-0.4, -0.2) is 15.7 Å². The molecule has 1 aromatic carbocycles. The highest BCUT2D eigenvalue weighted by Gasteiger charge is 2.31. The summed E-state index contributed by atoms with van der Waals surface area (Å²) >= 11 is 3.09. The van der Waals surface area contributed by atoms with Crippen molar-refractivity contribution < 1.29 is 18.0 Å². The van der Waals surface area contributed by atoms with Gasteiger partial charge in [0.2, 0.25) is 0 Å². The number of anilines is 2. The van der Waals surface area contributed by atoms with Gasteiger partial charge in [-0.2, -0.15) is 18.3 Å². The number of aromatic nitrogens is 2. The largest absolute Gasteiger partial charge is 0.416 e. The first kappa shape index (κ1) is 15.4. The molecule has 2 aromatic rings. The number of carbonyl (C=O) groups excluding carboxylic acids is 1. The average Bonchev–Trinajstić information content (AvgIpc) is 2.71. The Hall–Kier alpha value is -2.03. The predicted octanol–water partition coefficient (Wildman–Crippen LogP) is 3.04. The van der Waals surface area contributed by atoms with Crippen LogP contribution in [0.4, 0.5) is 24.7 Å². The van der Waals surface area contributed by atoms with Crippen LogP contribution in [0.3, 0.4) is 0 Å². The molecular formula is C12H10BrF3N4O. The SMILES string of the molecule is Cn1ncc(C(=O)Nc2cc(C(F)(F)F)ccc2Br)c1N. The molecule has 0 aliphatic heterocycles. The Balaban J connectivity index is 2.31. The van der Waals surface area contributed by atoms with Gasteiger partial charge in [0.25, 0.3) is 5.91 Å². The number of amides is 1. The molecule has 0 radical (unpaired) electrons. The van der Waals surface area contributed by atoms with Crippen molar-refractivity contribution >= 4 is 33.3 Å². The summed E-state index contributed by atoms with van der Waals surface area (Å²) in [6.07, 6.45) is -3.25. The van der Waals surface area contributed by atoms with Gasteiger partial charge in [-0.05, 0) is 34.1 Å². The van der Waals surface area contributed by atoms with Crippen molar-refractivity contribution in [3.8, 4) is 0 Å². The van der Waals surface area contributed by atoms with E-state index >= 15 is 0 Å². The maximum Gasteiger partial charge on any atom is 0.416 e. The average molecular weight is 363 g/mol. The van der Waals surface area contributed by atoms with E-state index < -0.39 is 17.6 Å². The minimum absolute atomic E-state index is 0.00178. The number of alkyl halides is 3. The van der Waals surface area contributed by atoms with Crippen LogP contribution in [0.2, 0.25) is 0 Å². The van der Waals surface area contributed by atoms with Gasteiger partial charge in [-0.25, -0.2) is 0 Å². The third-order valence-corrected chi connectivity index (χ3v) is 3.46. The quantitative estimate of drug-likeness (QED) is 0.862. The number of rotatable bonds is 2. The smallest absolute Gasteiger partial charge is 0.383 e. The lowest BCUT2D eigenvalue weighted by atomic mass is 10.2. The molecule has 0 saturated carbocycles. The van der Waals surface area contributed by atoms with E-state index in [1.54, 1.807) is 7.05 Å². The zero-order valence-corrected chi connectivity index (χ0v) is 12.3. The van der Waals surface area contributed by atoms with Crippen LogP contribution in [0, 0.1) is 0 Å². The molecule has 3 N–H and O–H groups in total. The summed E-state index contributed by atoms with van der Waals surface area (Å²) in [5.41, 5.74) is 4.86. The van der Waals surface area contributed by atoms with Gasteiger partial charge in [0.1, 0.15) is 11.4 Å². The molecule has 2 rings (SSSR count). The number of halogens is 4. The van der Waals surface area contributed by atoms with Gasteiger partial charge in [-0.3, -0.25) is 9.48 Å². The van der Waals surface area contributed by atoms with E-state index in [9.17, 15) is 18.0 Å². The van der Waals surface area contributed by atoms with E-state index in [0.717, 1.165) is 12.1 Å². The third kappa shape index (κ3) is 3.18. The minimum Gasteiger partial charge on any atom is -0.383 e. The Morgan fingerprint density at radius 3 is 2.62 bits per heavy atom. The van der Waals surface area contributed by atoms with Crippen molar-refractivity contribution in [2.45, 2.75) is 6.18 Å². The molecule has 112 valence electrons. The summed E-state index contributed by atoms with van der Waals surface area (Å²) in [7, 11) is 1.55. The first-order valence-corrected chi connectivity index (χ1v) is 6.45. The Kier molecular flexibility index (Phi) is 3.95. The lowest BCUT2D eigenvalue weighted by Gasteiger charge is -2.11. The van der Waals surface area contributed by atoms with Crippen molar-refractivity contribution in [1.82, 2.24) is 9.78 Å². The van der Waals surface area contributed by atoms with Gasteiger partial charge in [-0.1, -0.05) is 0 Å². The van der Waals surface area contributed by atoms with E-state index in [2.05, 4.69) is 26.3 Å². The standard InChI is InChI=1S/C12H10BrF3N4O/c1-20-10(17)7(5-18-20)11(21)19-9-4-6(12(14,15)16)2-3-8(9)13/h2-5H,17H2,1H3,(H,19,21). The van der Waals surface area contributed by atoms with Crippen molar-refractivity contribution in [2.24, 2.45) is 7.05 Å². The van der Waals surface area contributed by atoms with Crippen molar-refractivity contribution in [1.29, 1.82) is 0 Å². The van der Waals surface area contributed by atoms with Gasteiger partial charge in [0, 0.05) is 11.5 Å². The number of nitrogens with one attached hydrogen (secondary N) is 1. The van der Waals surface area contributed by atoms with Gasteiger partial charge < -0.3 is 11.1 Å². The molecule has 0 fully saturated rings. The van der Waals surface area contributed by atoms with Crippen LogP contribution in [0.25, 0.3) is 0 Å². The first-order chi connectivity index (χ1) is 9.70. The Bertz CT molecular complexity index is 696. The topological polar surface area (TPSA) is 72.9 Å². The van der Waals surface area contributed by atoms with Crippen molar-refractivity contribution in [3.63, 3.8) is 0 Å². The fourth-order valence-electron chi connectivity index (χ4n) is 1.61. The second-order valence-corrected chi connectivity index (χ2v) is 5.07. The van der Waals surface area contributed by atoms with Crippen LogP contribution in [-0.2, 0) is 13.2 Å². The van der Waals surface area contributed by atoms with Gasteiger partial charge in [-0.15, -0.1) is 0 Å². The second-order valence-electron chi connectivity index (χ2n) is 4.21. The number of aryl methyl sites for hydroxylation is 1. The number of hydrogen-bond acceptors (Lipinski definition) is 3. The van der Waals surface area contributed by atoms with Crippen molar-refractivity contribution in [2.75, 3.05) is 11.1 Å². The van der Waals surface area contributed by atoms with E-state index in [4.69, 9.17) is 5.73 Å². The molecule has 0 aliphatic rings. The normalized spacial score (nSPS) is 11.5. The number of nitrogens with two attached hydrogens (primary N) is 1. The van der Waals surface area contributed by atoms with Crippen LogP contribution < -0.4 is 11.1 Å². The summed E-state index contributed by atoms with van der Waals surface area (Å²) < 4.78 is 39.6. The molecule has 0 atom stereocenters. The summed E-state index contributed by atoms with van der Waals surface area (Å²) in [6.45, 7) is 0. The van der Waals surface area contributed by atoms with Crippen LogP contribution >= 0.6 is 15.9 Å². The molecule has 0 unspecified atom stereocenters. The maximum atomic E-state index is 12.7. The monoisotopic (exact) mass is 362 g/mol. The first-order valence-electron chi connectivity index (χ1n) is 5.65. The number of benzene rings is 1. The number of nitrogens with zero attached hydrogens (tertiary/aromatic N) is 2. The predicted molar refractivity (Wildman–Crippen MR) is 74.7 cm³/mol. The minimum atomic E-state index is -4.49. The lowest BCUT2D eigenvalue weighted by molar-refractivity contribution is -0.137. The molecule has 0 spiro atoms. The van der Waals surface area contributed by atoms with Gasteiger partial charge >= 0.3 is 6.18 Å². The molecule has 1 aromatic heterocycles. The van der Waals surface area contributed by atoms with Crippen molar-refractivity contribution in [3.05, 3.63) is 40.0 Å². The van der Waals surface area contributed by atoms with E-state index in [0.29, 0.717) is 4.47 Å². The van der Waals surface area contributed by atoms with Gasteiger partial charge in [0.05, 0.1) is 17.4 Å². The zero-order chi connectivity index (χ0) is 15.8. The highest BCUT2D eigenvalue weighted by Crippen LogP contribution is 2.34. The second kappa shape index (κ2) is 5.40. The molecule has 0 saturated heterocycles. The van der Waals surface area contributed by atoms with E-state index in [-0.39, 0.29) is 17.1 Å². The number of nitrogen functional groups attached to an aromatic ring is 1. The Labute approximate surface area is 126 Å². The van der Waals surface area contributed by atoms with Crippen LogP contribution in [0.15, 0.2) is 28.9 Å². The van der Waals surface area contributed by atoms with E-state index in [1.807, 2.05) is 0 Å². The van der Waals surface area contributed by atoms with Crippen LogP contribution in [0.5, 0.6) is 0 Å². The Morgan fingerprint density at radius 2 is 2.10 bits per heavy atom. The van der Waals surface area contributed by atoms with E-state index in [1.165, 1.54) is 16.9 Å². The highest BCUT2D eigenvalue weighted by molar-refractivity contribution is 9.10. The number of carbonyl (C=O) groups is 1. The Morgan fingerprint density at radius 1 is 1.43 bits per heavy atom. The molecule has 1 heterocycles. The summed E-state index contributed by atoms with van der Waals surface area (Å²) in [6, 6.07) is 2.97. The third-order valence-electron chi connectivity index (χ3n) is 2.77. The molecule has 0 aliphatic carbocycles. The van der Waals surface area contributed by atoms with Crippen LogP contribution in [0.1, 0.15) is 15.9 Å². The molecule has 1 amide bonds.